The highest BCUT2D eigenvalue weighted by molar-refractivity contribution is 5.48. The predicted molar refractivity (Wildman–Crippen MR) is 98.5 cm³/mol. The first-order chi connectivity index (χ1) is 12.7. The lowest BCUT2D eigenvalue weighted by atomic mass is 9.95. The van der Waals surface area contributed by atoms with E-state index in [1.165, 1.54) is 38.2 Å². The quantitative estimate of drug-likeness (QED) is 0.840. The van der Waals surface area contributed by atoms with Crippen LogP contribution >= 0.6 is 0 Å². The second kappa shape index (κ2) is 7.70. The molecule has 2 aliphatic rings. The molecule has 0 bridgehead atoms. The molecule has 1 saturated heterocycles. The largest absolute Gasteiger partial charge is 0.367 e. The van der Waals surface area contributed by atoms with Gasteiger partial charge in [-0.05, 0) is 42.3 Å². The summed E-state index contributed by atoms with van der Waals surface area (Å²) in [5.74, 6) is 0.825. The maximum Gasteiger partial charge on any atom is 0.168 e. The number of anilines is 1. The Hall–Kier alpha value is -2.02. The van der Waals surface area contributed by atoms with E-state index >= 15 is 0 Å². The summed E-state index contributed by atoms with van der Waals surface area (Å²) in [4.78, 5) is 4.53. The number of halogens is 1. The highest BCUT2D eigenvalue weighted by Gasteiger charge is 2.29. The zero-order chi connectivity index (χ0) is 17.9. The molecular weight excluding hydrogens is 331 g/mol. The van der Waals surface area contributed by atoms with Gasteiger partial charge in [-0.3, -0.25) is 4.90 Å². The Morgan fingerprint density at radius 2 is 1.77 bits per heavy atom. The van der Waals surface area contributed by atoms with Crippen LogP contribution in [0.15, 0.2) is 24.3 Å². The van der Waals surface area contributed by atoms with Gasteiger partial charge in [0.05, 0.1) is 17.8 Å². The maximum atomic E-state index is 14.0. The molecule has 0 amide bonds. The van der Waals surface area contributed by atoms with E-state index in [-0.39, 0.29) is 11.9 Å². The average Bonchev–Trinajstić information content (AvgIpc) is 3.18. The molecule has 1 aliphatic heterocycles. The zero-order valence-electron chi connectivity index (χ0n) is 15.4. The summed E-state index contributed by atoms with van der Waals surface area (Å²) < 4.78 is 16.1. The van der Waals surface area contributed by atoms with Gasteiger partial charge in [0.15, 0.2) is 5.82 Å². The fourth-order valence-electron chi connectivity index (χ4n) is 4.28. The van der Waals surface area contributed by atoms with Crippen LogP contribution in [0.25, 0.3) is 0 Å². The van der Waals surface area contributed by atoms with Crippen molar-refractivity contribution < 1.29 is 4.39 Å². The van der Waals surface area contributed by atoms with E-state index in [9.17, 15) is 4.39 Å². The molecule has 2 aromatic rings. The number of rotatable bonds is 4. The van der Waals surface area contributed by atoms with Gasteiger partial charge in [-0.1, -0.05) is 31.4 Å². The fraction of sp³-hybridized carbons (Fsp3) is 0.632. The van der Waals surface area contributed by atoms with Crippen molar-refractivity contribution in [1.82, 2.24) is 25.1 Å². The minimum atomic E-state index is -0.143. The standard InChI is InChI=1S/C19H27FN6/c1-15(19-21-22-23-26(19)16-7-3-2-4-8-16)24-11-13-25(14-12-24)18-10-6-5-9-17(18)20/h5-6,9-10,15-16H,2-4,7-8,11-14H2,1H3. The summed E-state index contributed by atoms with van der Waals surface area (Å²) in [7, 11) is 0. The summed E-state index contributed by atoms with van der Waals surface area (Å²) >= 11 is 0. The topological polar surface area (TPSA) is 50.1 Å². The summed E-state index contributed by atoms with van der Waals surface area (Å²) in [6.07, 6.45) is 6.19. The predicted octanol–water partition coefficient (Wildman–Crippen LogP) is 3.20. The molecule has 1 aromatic heterocycles. The Balaban J connectivity index is 1.42. The number of nitrogens with zero attached hydrogens (tertiary/aromatic N) is 6. The van der Waals surface area contributed by atoms with Crippen molar-refractivity contribution in [3.8, 4) is 0 Å². The van der Waals surface area contributed by atoms with Crippen LogP contribution in [0.1, 0.15) is 56.9 Å². The van der Waals surface area contributed by atoms with Gasteiger partial charge in [-0.15, -0.1) is 5.10 Å². The minimum absolute atomic E-state index is 0.143. The molecule has 0 radical (unpaired) electrons. The lowest BCUT2D eigenvalue weighted by molar-refractivity contribution is 0.180. The molecule has 7 heteroatoms. The van der Waals surface area contributed by atoms with Crippen LogP contribution in [-0.4, -0.2) is 51.3 Å². The van der Waals surface area contributed by atoms with Gasteiger partial charge in [0.25, 0.3) is 0 Å². The molecule has 1 atom stereocenters. The van der Waals surface area contributed by atoms with E-state index in [0.717, 1.165) is 32.0 Å². The van der Waals surface area contributed by atoms with Crippen molar-refractivity contribution in [3.63, 3.8) is 0 Å². The third-order valence-corrected chi connectivity index (χ3v) is 5.87. The molecule has 4 rings (SSSR count). The molecule has 0 spiro atoms. The van der Waals surface area contributed by atoms with Crippen molar-refractivity contribution >= 4 is 5.69 Å². The van der Waals surface area contributed by atoms with E-state index in [4.69, 9.17) is 0 Å². The van der Waals surface area contributed by atoms with E-state index in [1.54, 1.807) is 6.07 Å². The number of aromatic nitrogens is 4. The van der Waals surface area contributed by atoms with E-state index in [1.807, 2.05) is 12.1 Å². The molecule has 26 heavy (non-hydrogen) atoms. The van der Waals surface area contributed by atoms with Gasteiger partial charge in [0.2, 0.25) is 0 Å². The lowest BCUT2D eigenvalue weighted by Crippen LogP contribution is -2.48. The molecule has 1 aliphatic carbocycles. The highest BCUT2D eigenvalue weighted by atomic mass is 19.1. The van der Waals surface area contributed by atoms with Gasteiger partial charge in [-0.2, -0.15) is 0 Å². The van der Waals surface area contributed by atoms with Crippen LogP contribution < -0.4 is 4.90 Å². The SMILES string of the molecule is CC(c1nnnn1C1CCCCC1)N1CCN(c2ccccc2F)CC1. The molecule has 1 saturated carbocycles. The molecule has 1 aromatic carbocycles. The van der Waals surface area contributed by atoms with Crippen LogP contribution in [-0.2, 0) is 0 Å². The van der Waals surface area contributed by atoms with Crippen LogP contribution in [0, 0.1) is 5.82 Å². The normalized spacial score (nSPS) is 21.1. The minimum Gasteiger partial charge on any atom is -0.367 e. The summed E-state index contributed by atoms with van der Waals surface area (Å²) in [6, 6.07) is 7.64. The van der Waals surface area contributed by atoms with E-state index in [0.29, 0.717) is 11.7 Å². The van der Waals surface area contributed by atoms with Crippen molar-refractivity contribution in [2.75, 3.05) is 31.1 Å². The van der Waals surface area contributed by atoms with Crippen LogP contribution in [0.2, 0.25) is 0 Å². The van der Waals surface area contributed by atoms with Crippen LogP contribution in [0.3, 0.4) is 0 Å². The molecule has 6 nitrogen and oxygen atoms in total. The number of hydrogen-bond acceptors (Lipinski definition) is 5. The number of tetrazole rings is 1. The van der Waals surface area contributed by atoms with Gasteiger partial charge in [0.1, 0.15) is 5.82 Å². The van der Waals surface area contributed by atoms with Crippen LogP contribution in [0.5, 0.6) is 0 Å². The van der Waals surface area contributed by atoms with Crippen molar-refractivity contribution in [2.24, 2.45) is 0 Å². The lowest BCUT2D eigenvalue weighted by Gasteiger charge is -2.39. The van der Waals surface area contributed by atoms with E-state index < -0.39 is 0 Å². The number of benzene rings is 1. The third-order valence-electron chi connectivity index (χ3n) is 5.87. The van der Waals surface area contributed by atoms with Crippen molar-refractivity contribution in [3.05, 3.63) is 35.9 Å². The van der Waals surface area contributed by atoms with Crippen molar-refractivity contribution in [1.29, 1.82) is 0 Å². The Morgan fingerprint density at radius 1 is 1.04 bits per heavy atom. The number of para-hydroxylation sites is 1. The monoisotopic (exact) mass is 358 g/mol. The molecule has 2 heterocycles. The fourth-order valence-corrected chi connectivity index (χ4v) is 4.28. The molecular formula is C19H27FN6. The summed E-state index contributed by atoms with van der Waals surface area (Å²) in [5.41, 5.74) is 0.701. The van der Waals surface area contributed by atoms with E-state index in [2.05, 4.69) is 36.9 Å². The Labute approximate surface area is 154 Å². The first-order valence-electron chi connectivity index (χ1n) is 9.75. The molecule has 0 N–H and O–H groups in total. The van der Waals surface area contributed by atoms with Gasteiger partial charge in [0, 0.05) is 26.2 Å². The number of piperazine rings is 1. The summed E-state index contributed by atoms with van der Waals surface area (Å²) in [5, 5.41) is 12.6. The Bertz CT molecular complexity index is 718. The zero-order valence-corrected chi connectivity index (χ0v) is 15.4. The van der Waals surface area contributed by atoms with Crippen LogP contribution in [0.4, 0.5) is 10.1 Å². The smallest absolute Gasteiger partial charge is 0.168 e. The average molecular weight is 358 g/mol. The van der Waals surface area contributed by atoms with Gasteiger partial charge in [-0.25, -0.2) is 9.07 Å². The Morgan fingerprint density at radius 3 is 2.50 bits per heavy atom. The second-order valence-electron chi connectivity index (χ2n) is 7.42. The highest BCUT2D eigenvalue weighted by Crippen LogP contribution is 2.31. The van der Waals surface area contributed by atoms with Gasteiger partial charge >= 0.3 is 0 Å². The third kappa shape index (κ3) is 3.45. The summed E-state index contributed by atoms with van der Waals surface area (Å²) in [6.45, 7) is 5.58. The van der Waals surface area contributed by atoms with Gasteiger partial charge < -0.3 is 4.90 Å². The van der Waals surface area contributed by atoms with Crippen molar-refractivity contribution in [2.45, 2.75) is 51.1 Å². The first-order valence-corrected chi connectivity index (χ1v) is 9.75. The number of hydrogen-bond donors (Lipinski definition) is 0. The molecule has 140 valence electrons. The maximum absolute atomic E-state index is 14.0. The Kier molecular flexibility index (Phi) is 5.15. The molecule has 1 unspecified atom stereocenters. The molecule has 2 fully saturated rings. The first kappa shape index (κ1) is 17.4. The second-order valence-corrected chi connectivity index (χ2v) is 7.42.